The summed E-state index contributed by atoms with van der Waals surface area (Å²) in [4.78, 5) is 28.3. The smallest absolute Gasteiger partial charge is 0.254 e. The van der Waals surface area contributed by atoms with Crippen molar-refractivity contribution in [2.24, 2.45) is 11.7 Å². The molecule has 1 aromatic carbocycles. The van der Waals surface area contributed by atoms with E-state index in [1.54, 1.807) is 15.9 Å². The van der Waals surface area contributed by atoms with Gasteiger partial charge in [-0.2, -0.15) is 0 Å². The van der Waals surface area contributed by atoms with Crippen molar-refractivity contribution in [2.45, 2.75) is 31.4 Å². The predicted molar refractivity (Wildman–Crippen MR) is 90.2 cm³/mol. The Morgan fingerprint density at radius 3 is 2.60 bits per heavy atom. The molecule has 6 nitrogen and oxygen atoms in total. The number of rotatable bonds is 3. The number of aliphatic hydroxyl groups excluding tert-OH is 1. The van der Waals surface area contributed by atoms with Crippen molar-refractivity contribution in [3.8, 4) is 0 Å². The number of hydrogen-bond donors (Lipinski definition) is 2. The zero-order chi connectivity index (χ0) is 18.0. The fourth-order valence-electron chi connectivity index (χ4n) is 3.51. The summed E-state index contributed by atoms with van der Waals surface area (Å²) in [5.74, 6) is -0.849. The molecule has 7 heteroatoms. The van der Waals surface area contributed by atoms with Crippen LogP contribution in [-0.4, -0.2) is 65.0 Å². The second kappa shape index (κ2) is 7.49. The Hall–Kier alpha value is -1.99. The van der Waals surface area contributed by atoms with Crippen LogP contribution in [-0.2, 0) is 4.79 Å². The molecule has 1 aromatic rings. The van der Waals surface area contributed by atoms with Gasteiger partial charge < -0.3 is 20.6 Å². The minimum Gasteiger partial charge on any atom is -0.393 e. The third-order valence-electron chi connectivity index (χ3n) is 5.18. The molecular formula is C18H24FN3O3. The monoisotopic (exact) mass is 349 g/mol. The molecule has 1 saturated heterocycles. The highest BCUT2D eigenvalue weighted by Crippen LogP contribution is 2.30. The van der Waals surface area contributed by atoms with Gasteiger partial charge in [-0.1, -0.05) is 6.07 Å². The highest BCUT2D eigenvalue weighted by Gasteiger charge is 2.39. The number of carbonyl (C=O) groups excluding carboxylic acids is 2. The molecule has 0 spiro atoms. The van der Waals surface area contributed by atoms with Crippen molar-refractivity contribution >= 4 is 11.8 Å². The lowest BCUT2D eigenvalue weighted by atomic mass is 9.75. The van der Waals surface area contributed by atoms with E-state index in [9.17, 15) is 19.1 Å². The molecule has 1 heterocycles. The summed E-state index contributed by atoms with van der Waals surface area (Å²) >= 11 is 0. The fraction of sp³-hybridized carbons (Fsp3) is 0.556. The molecular weight excluding hydrogens is 325 g/mol. The molecule has 2 aliphatic rings. The lowest BCUT2D eigenvalue weighted by Crippen LogP contribution is -2.53. The SMILES string of the molecule is N[C@H]1C[C@@H](O)[C@@H]1CC(=O)N1CCCN(C(=O)c2cccc(F)c2)CC1. The number of amides is 2. The number of halogens is 1. The maximum atomic E-state index is 13.3. The van der Waals surface area contributed by atoms with Gasteiger partial charge in [0.25, 0.3) is 5.91 Å². The van der Waals surface area contributed by atoms with E-state index in [1.807, 2.05) is 0 Å². The number of carbonyl (C=O) groups is 2. The fourth-order valence-corrected chi connectivity index (χ4v) is 3.51. The first-order valence-electron chi connectivity index (χ1n) is 8.72. The van der Waals surface area contributed by atoms with E-state index >= 15 is 0 Å². The molecule has 0 bridgehead atoms. The van der Waals surface area contributed by atoms with Crippen molar-refractivity contribution in [3.05, 3.63) is 35.6 Å². The molecule has 1 saturated carbocycles. The molecule has 136 valence electrons. The summed E-state index contributed by atoms with van der Waals surface area (Å²) in [5.41, 5.74) is 6.17. The molecule has 25 heavy (non-hydrogen) atoms. The average Bonchev–Trinajstić information content (AvgIpc) is 2.85. The van der Waals surface area contributed by atoms with E-state index < -0.39 is 11.9 Å². The van der Waals surface area contributed by atoms with Crippen molar-refractivity contribution in [3.63, 3.8) is 0 Å². The van der Waals surface area contributed by atoms with E-state index in [0.29, 0.717) is 44.6 Å². The Morgan fingerprint density at radius 1 is 1.20 bits per heavy atom. The van der Waals surface area contributed by atoms with Crippen molar-refractivity contribution in [2.75, 3.05) is 26.2 Å². The lowest BCUT2D eigenvalue weighted by molar-refractivity contribution is -0.135. The maximum absolute atomic E-state index is 13.3. The Bertz CT molecular complexity index is 646. The van der Waals surface area contributed by atoms with Gasteiger partial charge in [0.05, 0.1) is 6.10 Å². The summed E-state index contributed by atoms with van der Waals surface area (Å²) in [7, 11) is 0. The average molecular weight is 349 g/mol. The van der Waals surface area contributed by atoms with Gasteiger partial charge in [-0.05, 0) is 31.0 Å². The Labute approximate surface area is 146 Å². The second-order valence-electron chi connectivity index (χ2n) is 6.87. The van der Waals surface area contributed by atoms with Crippen LogP contribution in [0.4, 0.5) is 4.39 Å². The van der Waals surface area contributed by atoms with Gasteiger partial charge in [-0.25, -0.2) is 4.39 Å². The van der Waals surface area contributed by atoms with Crippen LogP contribution >= 0.6 is 0 Å². The highest BCUT2D eigenvalue weighted by atomic mass is 19.1. The second-order valence-corrected chi connectivity index (χ2v) is 6.87. The maximum Gasteiger partial charge on any atom is 0.254 e. The van der Waals surface area contributed by atoms with Crippen LogP contribution < -0.4 is 5.73 Å². The van der Waals surface area contributed by atoms with Gasteiger partial charge in [-0.15, -0.1) is 0 Å². The van der Waals surface area contributed by atoms with E-state index in [1.165, 1.54) is 18.2 Å². The summed E-state index contributed by atoms with van der Waals surface area (Å²) in [6.45, 7) is 1.97. The summed E-state index contributed by atoms with van der Waals surface area (Å²) in [6.07, 6.45) is 0.983. The molecule has 0 radical (unpaired) electrons. The highest BCUT2D eigenvalue weighted by molar-refractivity contribution is 5.94. The molecule has 3 rings (SSSR count). The Kier molecular flexibility index (Phi) is 5.34. The molecule has 1 aliphatic heterocycles. The topological polar surface area (TPSA) is 86.9 Å². The molecule has 3 N–H and O–H groups in total. The van der Waals surface area contributed by atoms with Gasteiger partial charge in [0.15, 0.2) is 0 Å². The van der Waals surface area contributed by atoms with E-state index in [0.717, 1.165) is 0 Å². The predicted octanol–water partition coefficient (Wildman–Crippen LogP) is 0.598. The van der Waals surface area contributed by atoms with Gasteiger partial charge in [0.1, 0.15) is 5.82 Å². The van der Waals surface area contributed by atoms with Crippen LogP contribution in [0.5, 0.6) is 0 Å². The normalized spacial score (nSPS) is 26.8. The van der Waals surface area contributed by atoms with Gasteiger partial charge >= 0.3 is 0 Å². The van der Waals surface area contributed by atoms with Crippen molar-refractivity contribution < 1.29 is 19.1 Å². The first-order valence-corrected chi connectivity index (χ1v) is 8.72. The van der Waals surface area contributed by atoms with E-state index in [2.05, 4.69) is 0 Å². The van der Waals surface area contributed by atoms with Crippen molar-refractivity contribution in [1.29, 1.82) is 0 Å². The molecule has 0 unspecified atom stereocenters. The molecule has 2 fully saturated rings. The van der Waals surface area contributed by atoms with Crippen LogP contribution in [0.25, 0.3) is 0 Å². The Balaban J connectivity index is 1.56. The van der Waals surface area contributed by atoms with Crippen LogP contribution in [0.15, 0.2) is 24.3 Å². The van der Waals surface area contributed by atoms with Gasteiger partial charge in [0, 0.05) is 50.1 Å². The van der Waals surface area contributed by atoms with Crippen LogP contribution in [0.3, 0.4) is 0 Å². The molecule has 1 aliphatic carbocycles. The van der Waals surface area contributed by atoms with Crippen LogP contribution in [0.2, 0.25) is 0 Å². The molecule has 0 aromatic heterocycles. The number of hydrogen-bond acceptors (Lipinski definition) is 4. The summed E-state index contributed by atoms with van der Waals surface area (Å²) in [5, 5.41) is 9.71. The first-order chi connectivity index (χ1) is 12.0. The quantitative estimate of drug-likeness (QED) is 0.837. The zero-order valence-corrected chi connectivity index (χ0v) is 14.1. The third-order valence-corrected chi connectivity index (χ3v) is 5.18. The summed E-state index contributed by atoms with van der Waals surface area (Å²) in [6, 6.07) is 5.54. The number of nitrogens with two attached hydrogens (primary N) is 1. The lowest BCUT2D eigenvalue weighted by Gasteiger charge is -2.39. The van der Waals surface area contributed by atoms with Crippen LogP contribution in [0.1, 0.15) is 29.6 Å². The number of aliphatic hydroxyl groups is 1. The molecule has 2 amide bonds. The largest absolute Gasteiger partial charge is 0.393 e. The van der Waals surface area contributed by atoms with Gasteiger partial charge in [-0.3, -0.25) is 9.59 Å². The van der Waals surface area contributed by atoms with E-state index in [4.69, 9.17) is 5.73 Å². The minimum atomic E-state index is -0.489. The summed E-state index contributed by atoms with van der Waals surface area (Å²) < 4.78 is 13.3. The number of benzene rings is 1. The Morgan fingerprint density at radius 2 is 1.92 bits per heavy atom. The third kappa shape index (κ3) is 3.99. The minimum absolute atomic E-state index is 0.0285. The molecule has 3 atom stereocenters. The zero-order valence-electron chi connectivity index (χ0n) is 14.1. The van der Waals surface area contributed by atoms with Gasteiger partial charge in [0.2, 0.25) is 5.91 Å². The first kappa shape index (κ1) is 17.8. The number of nitrogens with zero attached hydrogens (tertiary/aromatic N) is 2. The van der Waals surface area contributed by atoms with Crippen LogP contribution in [0, 0.1) is 11.7 Å². The standard InChI is InChI=1S/C18H24FN3O3/c19-13-4-1-3-12(9-13)18(25)22-6-2-5-21(7-8-22)17(24)10-14-15(20)11-16(14)23/h1,3-4,9,14-16,23H,2,5-8,10-11,20H2/t14-,15+,16-/m1/s1. The van der Waals surface area contributed by atoms with Crippen molar-refractivity contribution in [1.82, 2.24) is 9.80 Å². The van der Waals surface area contributed by atoms with E-state index in [-0.39, 0.29) is 30.2 Å².